The van der Waals surface area contributed by atoms with Gasteiger partial charge in [0, 0.05) is 37.7 Å². The van der Waals surface area contributed by atoms with E-state index < -0.39 is 0 Å². The number of methoxy groups -OCH3 is 1. The van der Waals surface area contributed by atoms with E-state index >= 15 is 0 Å². The van der Waals surface area contributed by atoms with E-state index in [1.54, 1.807) is 19.4 Å². The number of likely N-dealkylation sites (tertiary alicyclic amines) is 1. The van der Waals surface area contributed by atoms with E-state index in [-0.39, 0.29) is 18.0 Å². The maximum Gasteiger partial charge on any atom is 0.257 e. The van der Waals surface area contributed by atoms with Crippen molar-refractivity contribution in [2.45, 2.75) is 32.0 Å². The number of nitrogens with zero attached hydrogens (tertiary/aromatic N) is 3. The first kappa shape index (κ1) is 17.8. The van der Waals surface area contributed by atoms with Gasteiger partial charge in [-0.25, -0.2) is 14.4 Å². The highest BCUT2D eigenvalue weighted by molar-refractivity contribution is 5.36. The first-order valence-corrected chi connectivity index (χ1v) is 8.98. The highest BCUT2D eigenvalue weighted by atomic mass is 19.1. The van der Waals surface area contributed by atoms with Crippen LogP contribution in [0.1, 0.15) is 19.0 Å². The number of hydrogen-bond acceptors (Lipinski definition) is 7. The smallest absolute Gasteiger partial charge is 0.257 e. The van der Waals surface area contributed by atoms with E-state index in [1.165, 1.54) is 6.07 Å². The molecule has 0 amide bonds. The number of aromatic nitrogens is 2. The largest absolute Gasteiger partial charge is 0.487 e. The molecule has 0 aliphatic carbocycles. The van der Waals surface area contributed by atoms with E-state index in [9.17, 15) is 4.39 Å². The van der Waals surface area contributed by atoms with E-state index in [0.717, 1.165) is 6.42 Å². The molecule has 0 radical (unpaired) electrons. The molecule has 2 aromatic rings. The van der Waals surface area contributed by atoms with Gasteiger partial charge in [-0.15, -0.1) is 0 Å². The maximum absolute atomic E-state index is 14.4. The number of rotatable bonds is 5. The van der Waals surface area contributed by atoms with Crippen LogP contribution in [0.3, 0.4) is 0 Å². The summed E-state index contributed by atoms with van der Waals surface area (Å²) in [5.74, 6) is 1.59. The van der Waals surface area contributed by atoms with Crippen molar-refractivity contribution in [1.29, 1.82) is 0 Å². The quantitative estimate of drug-likeness (QED) is 0.795. The normalized spacial score (nSPS) is 21.9. The van der Waals surface area contributed by atoms with Gasteiger partial charge in [-0.2, -0.15) is 0 Å². The highest BCUT2D eigenvalue weighted by Gasteiger charge is 2.32. The Balaban J connectivity index is 1.41. The molecule has 0 unspecified atom stereocenters. The van der Waals surface area contributed by atoms with Gasteiger partial charge in [0.1, 0.15) is 30.9 Å². The van der Waals surface area contributed by atoms with Gasteiger partial charge in [-0.05, 0) is 13.0 Å². The zero-order valence-electron chi connectivity index (χ0n) is 15.4. The van der Waals surface area contributed by atoms with Gasteiger partial charge in [-0.3, -0.25) is 4.90 Å². The Kier molecular flexibility index (Phi) is 4.98. The molecule has 1 saturated heterocycles. The van der Waals surface area contributed by atoms with Gasteiger partial charge in [0.25, 0.3) is 5.88 Å². The fourth-order valence-corrected chi connectivity index (χ4v) is 3.39. The van der Waals surface area contributed by atoms with E-state index in [2.05, 4.69) is 21.8 Å². The van der Waals surface area contributed by atoms with Crippen LogP contribution in [-0.4, -0.2) is 53.9 Å². The van der Waals surface area contributed by atoms with Gasteiger partial charge in [-0.1, -0.05) is 0 Å². The second-order valence-corrected chi connectivity index (χ2v) is 6.71. The summed E-state index contributed by atoms with van der Waals surface area (Å²) < 4.78 is 36.3. The maximum atomic E-state index is 14.4. The molecule has 7 nitrogen and oxygen atoms in total. The topological polar surface area (TPSA) is 65.9 Å². The summed E-state index contributed by atoms with van der Waals surface area (Å²) in [6.07, 6.45) is 2.50. The number of halogens is 1. The van der Waals surface area contributed by atoms with Crippen LogP contribution in [0.5, 0.6) is 23.3 Å². The molecule has 1 fully saturated rings. The third-order valence-electron chi connectivity index (χ3n) is 4.80. The summed E-state index contributed by atoms with van der Waals surface area (Å²) in [6.45, 7) is 4.02. The van der Waals surface area contributed by atoms with Gasteiger partial charge in [0.15, 0.2) is 5.75 Å². The average molecular weight is 375 g/mol. The number of pyridine rings is 2. The standard InChI is InChI=1S/C19H22FN3O4/c1-12-7-14(27-13-3-4-18(24-2)21-9-13)10-23(12)11-16-15(20)8-17-19(22-16)26-6-5-25-17/h3-4,8-9,12,14H,5-7,10-11H2,1-2H3/t12-,14+/m0/s1. The van der Waals surface area contributed by atoms with E-state index in [1.807, 2.05) is 6.07 Å². The van der Waals surface area contributed by atoms with Crippen LogP contribution < -0.4 is 18.9 Å². The minimum Gasteiger partial charge on any atom is -0.487 e. The molecule has 2 aromatic heterocycles. The van der Waals surface area contributed by atoms with Crippen LogP contribution in [0, 0.1) is 5.82 Å². The highest BCUT2D eigenvalue weighted by Crippen LogP contribution is 2.31. The second kappa shape index (κ2) is 7.56. The van der Waals surface area contributed by atoms with Gasteiger partial charge in [0.05, 0.1) is 19.0 Å². The summed E-state index contributed by atoms with van der Waals surface area (Å²) in [4.78, 5) is 10.6. The molecule has 0 aromatic carbocycles. The Hall–Kier alpha value is -2.61. The lowest BCUT2D eigenvalue weighted by molar-refractivity contribution is 0.160. The van der Waals surface area contributed by atoms with Gasteiger partial charge in [0.2, 0.25) is 5.88 Å². The zero-order chi connectivity index (χ0) is 18.8. The van der Waals surface area contributed by atoms with Crippen molar-refractivity contribution < 1.29 is 23.3 Å². The van der Waals surface area contributed by atoms with Gasteiger partial charge < -0.3 is 18.9 Å². The summed E-state index contributed by atoms with van der Waals surface area (Å²) >= 11 is 0. The summed E-state index contributed by atoms with van der Waals surface area (Å²) in [6, 6.07) is 5.20. The van der Waals surface area contributed by atoms with E-state index in [0.29, 0.717) is 55.3 Å². The molecule has 2 atom stereocenters. The Labute approximate surface area is 157 Å². The van der Waals surface area contributed by atoms with Crippen LogP contribution >= 0.6 is 0 Å². The fraction of sp³-hybridized carbons (Fsp3) is 0.474. The first-order chi connectivity index (χ1) is 13.1. The Morgan fingerprint density at radius 1 is 1.30 bits per heavy atom. The molecule has 0 bridgehead atoms. The molecule has 8 heteroatoms. The van der Waals surface area contributed by atoms with Crippen molar-refractivity contribution in [3.05, 3.63) is 35.9 Å². The molecule has 0 spiro atoms. The van der Waals surface area contributed by atoms with Crippen molar-refractivity contribution in [3.63, 3.8) is 0 Å². The van der Waals surface area contributed by atoms with Crippen LogP contribution in [0.2, 0.25) is 0 Å². The number of ether oxygens (including phenoxy) is 4. The van der Waals surface area contributed by atoms with Crippen molar-refractivity contribution >= 4 is 0 Å². The number of fused-ring (bicyclic) bond motifs is 1. The SMILES string of the molecule is COc1ccc(O[C@@H]2C[C@H](C)N(Cc3nc4c(cc3F)OCCO4)C2)cn1. The minimum absolute atomic E-state index is 0.00969. The Morgan fingerprint density at radius 3 is 2.93 bits per heavy atom. The third-order valence-corrected chi connectivity index (χ3v) is 4.80. The minimum atomic E-state index is -0.379. The molecule has 4 heterocycles. The van der Waals surface area contributed by atoms with Crippen LogP contribution in [-0.2, 0) is 6.54 Å². The Morgan fingerprint density at radius 2 is 2.15 bits per heavy atom. The second-order valence-electron chi connectivity index (χ2n) is 6.71. The predicted octanol–water partition coefficient (Wildman–Crippen LogP) is 2.44. The molecule has 27 heavy (non-hydrogen) atoms. The molecule has 0 N–H and O–H groups in total. The van der Waals surface area contributed by atoms with E-state index in [4.69, 9.17) is 18.9 Å². The lowest BCUT2D eigenvalue weighted by Gasteiger charge is -2.22. The van der Waals surface area contributed by atoms with Crippen LogP contribution in [0.25, 0.3) is 0 Å². The zero-order valence-corrected chi connectivity index (χ0v) is 15.4. The lowest BCUT2D eigenvalue weighted by atomic mass is 10.2. The summed E-state index contributed by atoms with van der Waals surface area (Å²) in [5.41, 5.74) is 0.359. The molecular formula is C19H22FN3O4. The lowest BCUT2D eigenvalue weighted by Crippen LogP contribution is -2.29. The van der Waals surface area contributed by atoms with Crippen molar-refractivity contribution in [2.75, 3.05) is 26.9 Å². The molecular weight excluding hydrogens is 353 g/mol. The van der Waals surface area contributed by atoms with Crippen molar-refractivity contribution in [2.24, 2.45) is 0 Å². The molecule has 2 aliphatic rings. The molecule has 4 rings (SSSR count). The number of hydrogen-bond donors (Lipinski definition) is 0. The monoisotopic (exact) mass is 375 g/mol. The summed E-state index contributed by atoms with van der Waals surface area (Å²) in [7, 11) is 1.57. The Bertz CT molecular complexity index is 802. The molecule has 2 aliphatic heterocycles. The first-order valence-electron chi connectivity index (χ1n) is 8.98. The third kappa shape index (κ3) is 3.90. The van der Waals surface area contributed by atoms with Crippen LogP contribution in [0.4, 0.5) is 4.39 Å². The van der Waals surface area contributed by atoms with Gasteiger partial charge >= 0.3 is 0 Å². The average Bonchev–Trinajstić information content (AvgIpc) is 3.02. The van der Waals surface area contributed by atoms with Crippen molar-refractivity contribution in [3.8, 4) is 23.3 Å². The van der Waals surface area contributed by atoms with Crippen molar-refractivity contribution in [1.82, 2.24) is 14.9 Å². The molecule has 0 saturated carbocycles. The molecule has 144 valence electrons. The van der Waals surface area contributed by atoms with Crippen LogP contribution in [0.15, 0.2) is 24.4 Å². The fourth-order valence-electron chi connectivity index (χ4n) is 3.39. The predicted molar refractivity (Wildman–Crippen MR) is 94.9 cm³/mol. The summed E-state index contributed by atoms with van der Waals surface area (Å²) in [5, 5.41) is 0.